The molecule has 0 spiro atoms. The van der Waals surface area contributed by atoms with Crippen LogP contribution in [0.2, 0.25) is 0 Å². The molecule has 5 heteroatoms. The van der Waals surface area contributed by atoms with Crippen LogP contribution in [0.1, 0.15) is 5.01 Å². The van der Waals surface area contributed by atoms with Gasteiger partial charge in [-0.2, -0.15) is 5.26 Å². The van der Waals surface area contributed by atoms with Gasteiger partial charge < -0.3 is 4.98 Å². The van der Waals surface area contributed by atoms with Gasteiger partial charge in [-0.05, 0) is 41.8 Å². The molecule has 3 nitrogen and oxygen atoms in total. The lowest BCUT2D eigenvalue weighted by atomic mass is 10.1. The number of benzene rings is 4. The molecular formula is C26H15N3S2. The van der Waals surface area contributed by atoms with Gasteiger partial charge in [0.15, 0.2) is 0 Å². The fourth-order valence-corrected chi connectivity index (χ4v) is 5.92. The Morgan fingerprint density at radius 1 is 0.871 bits per heavy atom. The van der Waals surface area contributed by atoms with Crippen LogP contribution in [-0.2, 0) is 0 Å². The Morgan fingerprint density at radius 3 is 2.52 bits per heavy atom. The summed E-state index contributed by atoms with van der Waals surface area (Å²) in [6.45, 7) is 0. The van der Waals surface area contributed by atoms with Crippen LogP contribution >= 0.6 is 23.1 Å². The van der Waals surface area contributed by atoms with E-state index in [1.54, 1.807) is 23.1 Å². The molecule has 4 aromatic carbocycles. The van der Waals surface area contributed by atoms with Gasteiger partial charge in [0, 0.05) is 26.1 Å². The normalized spacial score (nSPS) is 12.5. The fourth-order valence-electron chi connectivity index (χ4n) is 3.99. The number of nitriles is 1. The van der Waals surface area contributed by atoms with E-state index in [9.17, 15) is 5.26 Å². The second-order valence-corrected chi connectivity index (χ2v) is 9.37. The lowest BCUT2D eigenvalue weighted by Gasteiger charge is -2.06. The van der Waals surface area contributed by atoms with Crippen LogP contribution < -0.4 is 5.35 Å². The molecule has 1 N–H and O–H groups in total. The molecule has 2 aromatic heterocycles. The van der Waals surface area contributed by atoms with Crippen LogP contribution in [0.5, 0.6) is 0 Å². The number of nitrogens with one attached hydrogen (secondary N) is 1. The summed E-state index contributed by atoms with van der Waals surface area (Å²) in [6, 6.07) is 31.4. The van der Waals surface area contributed by atoms with Gasteiger partial charge >= 0.3 is 0 Å². The van der Waals surface area contributed by atoms with Crippen molar-refractivity contribution in [1.29, 1.82) is 5.26 Å². The lowest BCUT2D eigenvalue weighted by molar-refractivity contribution is 1.35. The van der Waals surface area contributed by atoms with Crippen molar-refractivity contribution in [2.24, 2.45) is 0 Å². The third-order valence-corrected chi connectivity index (χ3v) is 7.51. The molecule has 0 fully saturated rings. The molecule has 0 unspecified atom stereocenters. The van der Waals surface area contributed by atoms with Crippen molar-refractivity contribution in [2.45, 2.75) is 9.79 Å². The molecule has 6 rings (SSSR count). The Hall–Kier alpha value is -3.59. The highest BCUT2D eigenvalue weighted by atomic mass is 32.2. The molecule has 0 aliphatic heterocycles. The van der Waals surface area contributed by atoms with Gasteiger partial charge in [-0.25, -0.2) is 4.98 Å². The number of nitrogens with zero attached hydrogens (tertiary/aromatic N) is 2. The summed E-state index contributed by atoms with van der Waals surface area (Å²) in [7, 11) is 0. The predicted octanol–water partition coefficient (Wildman–Crippen LogP) is 6.52. The van der Waals surface area contributed by atoms with E-state index in [2.05, 4.69) is 65.7 Å². The number of aromatic amines is 1. The summed E-state index contributed by atoms with van der Waals surface area (Å²) in [5.41, 5.74) is 2.54. The topological polar surface area (TPSA) is 52.5 Å². The number of H-pyrrole nitrogens is 1. The number of para-hydroxylation sites is 1. The zero-order chi connectivity index (χ0) is 20.8. The number of fused-ring (bicyclic) bond motifs is 1. The fraction of sp³-hybridized carbons (Fsp3) is 0. The summed E-state index contributed by atoms with van der Waals surface area (Å²) in [4.78, 5) is 10.6. The Bertz CT molecular complexity index is 1640. The maximum absolute atomic E-state index is 10.1. The minimum atomic E-state index is 0.585. The average Bonchev–Trinajstić information content (AvgIpc) is 3.40. The number of hydrogen-bond acceptors (Lipinski definition) is 4. The van der Waals surface area contributed by atoms with E-state index < -0.39 is 0 Å². The van der Waals surface area contributed by atoms with Crippen LogP contribution in [0.15, 0.2) is 94.7 Å². The van der Waals surface area contributed by atoms with E-state index in [-0.39, 0.29) is 0 Å². The maximum Gasteiger partial charge on any atom is 0.137 e. The smallest absolute Gasteiger partial charge is 0.137 e. The Kier molecular flexibility index (Phi) is 4.27. The van der Waals surface area contributed by atoms with E-state index in [4.69, 9.17) is 4.98 Å². The van der Waals surface area contributed by atoms with E-state index >= 15 is 0 Å². The van der Waals surface area contributed by atoms with Crippen molar-refractivity contribution in [3.8, 4) is 6.07 Å². The van der Waals surface area contributed by atoms with Crippen LogP contribution in [0.4, 0.5) is 0 Å². The van der Waals surface area contributed by atoms with Gasteiger partial charge in [-0.15, -0.1) is 11.3 Å². The first-order valence-corrected chi connectivity index (χ1v) is 11.5. The second-order valence-electron chi connectivity index (χ2n) is 7.23. The first kappa shape index (κ1) is 18.2. The summed E-state index contributed by atoms with van der Waals surface area (Å²) in [6.07, 6.45) is 0. The first-order chi connectivity index (χ1) is 15.3. The summed E-state index contributed by atoms with van der Waals surface area (Å²) in [5.74, 6) is 0. The van der Waals surface area contributed by atoms with Crippen LogP contribution in [0, 0.1) is 11.3 Å². The molecule has 2 heterocycles. The molecule has 0 saturated carbocycles. The van der Waals surface area contributed by atoms with Crippen molar-refractivity contribution in [3.05, 3.63) is 95.3 Å². The highest BCUT2D eigenvalue weighted by Gasteiger charge is 2.16. The molecule has 146 valence electrons. The number of hydrogen-bond donors (Lipinski definition) is 1. The Labute approximate surface area is 186 Å². The van der Waals surface area contributed by atoms with E-state index in [1.807, 2.05) is 30.3 Å². The number of rotatable bonds is 3. The predicted molar refractivity (Wildman–Crippen MR) is 129 cm³/mol. The van der Waals surface area contributed by atoms with E-state index in [0.717, 1.165) is 36.9 Å². The molecule has 0 atom stereocenters. The van der Waals surface area contributed by atoms with Crippen molar-refractivity contribution < 1.29 is 0 Å². The van der Waals surface area contributed by atoms with Crippen LogP contribution in [-0.4, -0.2) is 9.97 Å². The minimum absolute atomic E-state index is 0.585. The summed E-state index contributed by atoms with van der Waals surface area (Å²) >= 11 is 3.31. The summed E-state index contributed by atoms with van der Waals surface area (Å²) < 4.78 is 1.08. The zero-order valence-corrected chi connectivity index (χ0v) is 17.9. The monoisotopic (exact) mass is 433 g/mol. The van der Waals surface area contributed by atoms with Crippen LogP contribution in [0.25, 0.3) is 37.5 Å². The molecule has 0 saturated heterocycles. The average molecular weight is 434 g/mol. The van der Waals surface area contributed by atoms with E-state index in [1.165, 1.54) is 15.2 Å². The molecule has 0 aliphatic carbocycles. The molecule has 0 radical (unpaired) electrons. The lowest BCUT2D eigenvalue weighted by Crippen LogP contribution is -2.07. The van der Waals surface area contributed by atoms with Gasteiger partial charge in [0.2, 0.25) is 0 Å². The Balaban J connectivity index is 1.61. The van der Waals surface area contributed by atoms with Gasteiger partial charge in [0.1, 0.15) is 16.6 Å². The van der Waals surface area contributed by atoms with Crippen molar-refractivity contribution in [1.82, 2.24) is 9.97 Å². The number of aromatic nitrogens is 2. The molecule has 6 aromatic rings. The number of thiazole rings is 1. The van der Waals surface area contributed by atoms with Crippen molar-refractivity contribution in [2.75, 3.05) is 0 Å². The highest BCUT2D eigenvalue weighted by Crippen LogP contribution is 2.37. The second kappa shape index (κ2) is 7.28. The van der Waals surface area contributed by atoms with Crippen molar-refractivity contribution in [3.63, 3.8) is 0 Å². The van der Waals surface area contributed by atoms with Crippen molar-refractivity contribution >= 4 is 60.6 Å². The van der Waals surface area contributed by atoms with Crippen LogP contribution in [0.3, 0.4) is 0 Å². The largest absolute Gasteiger partial charge is 0.353 e. The molecule has 0 aliphatic rings. The minimum Gasteiger partial charge on any atom is -0.353 e. The third kappa shape index (κ3) is 3.00. The van der Waals surface area contributed by atoms with Gasteiger partial charge in [0.25, 0.3) is 0 Å². The molecule has 0 amide bonds. The van der Waals surface area contributed by atoms with Gasteiger partial charge in [-0.1, -0.05) is 60.3 Å². The summed E-state index contributed by atoms with van der Waals surface area (Å²) in [5, 5.41) is 15.0. The molecule has 31 heavy (non-hydrogen) atoms. The maximum atomic E-state index is 10.1. The SMILES string of the molecule is N#C/C(c1nc2ccccc2s1)=c1\[nH]c2ccc(Sc3ccccc3)c3cccc1c23. The standard InChI is InChI=1S/C26H15N3S2/c27-15-19(26-29-20-11-4-5-12-23(20)31-26)25-18-10-6-9-17-22(14-13-21(28-25)24(17)18)30-16-7-2-1-3-8-16/h1-14,28H/b25-19+. The van der Waals surface area contributed by atoms with Gasteiger partial charge in [0.05, 0.1) is 15.6 Å². The zero-order valence-electron chi connectivity index (χ0n) is 16.3. The van der Waals surface area contributed by atoms with Gasteiger partial charge in [-0.3, -0.25) is 0 Å². The quantitative estimate of drug-likeness (QED) is 0.345. The third-order valence-electron chi connectivity index (χ3n) is 5.37. The highest BCUT2D eigenvalue weighted by molar-refractivity contribution is 7.99. The first-order valence-electron chi connectivity index (χ1n) is 9.88. The molecule has 0 bridgehead atoms. The van der Waals surface area contributed by atoms with E-state index in [0.29, 0.717) is 5.57 Å². The molecular weight excluding hydrogens is 418 g/mol. The Morgan fingerprint density at radius 2 is 1.68 bits per heavy atom.